The van der Waals surface area contributed by atoms with E-state index in [1.165, 1.54) is 0 Å². The Labute approximate surface area is 73.8 Å². The van der Waals surface area contributed by atoms with E-state index >= 15 is 0 Å². The molecule has 0 aromatic rings. The predicted octanol–water partition coefficient (Wildman–Crippen LogP) is 2.57. The summed E-state index contributed by atoms with van der Waals surface area (Å²) in [6.07, 6.45) is 7.32. The van der Waals surface area contributed by atoms with Crippen molar-refractivity contribution in [3.63, 3.8) is 0 Å². The van der Waals surface area contributed by atoms with E-state index in [4.69, 9.17) is 0 Å². The quantitative estimate of drug-likeness (QED) is 0.573. The molecule has 0 amide bonds. The molecule has 12 heavy (non-hydrogen) atoms. The van der Waals surface area contributed by atoms with Gasteiger partial charge in [-0.15, -0.1) is 0 Å². The molecule has 0 aliphatic heterocycles. The molecule has 2 bridgehead atoms. The molecule has 2 rings (SSSR count). The molecule has 3 unspecified atom stereocenters. The lowest BCUT2D eigenvalue weighted by atomic mass is 9.80. The maximum atomic E-state index is 11.7. The van der Waals surface area contributed by atoms with Crippen molar-refractivity contribution in [2.75, 3.05) is 0 Å². The average molecular weight is 164 g/mol. The number of hydrogen-bond acceptors (Lipinski definition) is 1. The summed E-state index contributed by atoms with van der Waals surface area (Å²) in [6, 6.07) is 0. The molecule has 66 valence electrons. The fourth-order valence-corrected chi connectivity index (χ4v) is 2.81. The van der Waals surface area contributed by atoms with Gasteiger partial charge >= 0.3 is 0 Å². The maximum Gasteiger partial charge on any atom is 0.142 e. The summed E-state index contributed by atoms with van der Waals surface area (Å²) in [5, 5.41) is 0. The summed E-state index contributed by atoms with van der Waals surface area (Å²) in [7, 11) is 0. The van der Waals surface area contributed by atoms with Crippen LogP contribution in [0, 0.1) is 17.3 Å². The SMILES string of the molecule is CCC(=O)C12C=CC(C1)C(C)C2. The molecule has 3 atom stereocenters. The monoisotopic (exact) mass is 164 g/mol. The third kappa shape index (κ3) is 0.886. The molecule has 0 spiro atoms. The van der Waals surface area contributed by atoms with Crippen LogP contribution in [-0.4, -0.2) is 5.78 Å². The summed E-state index contributed by atoms with van der Waals surface area (Å²) >= 11 is 0. The first-order chi connectivity index (χ1) is 5.68. The molecule has 1 heteroatoms. The van der Waals surface area contributed by atoms with E-state index in [-0.39, 0.29) is 5.41 Å². The second-order valence-corrected chi connectivity index (χ2v) is 4.34. The lowest BCUT2D eigenvalue weighted by molar-refractivity contribution is -0.125. The van der Waals surface area contributed by atoms with Crippen LogP contribution in [0.15, 0.2) is 12.2 Å². The topological polar surface area (TPSA) is 17.1 Å². The van der Waals surface area contributed by atoms with Crippen molar-refractivity contribution in [2.24, 2.45) is 17.3 Å². The molecule has 0 saturated heterocycles. The van der Waals surface area contributed by atoms with E-state index < -0.39 is 0 Å². The van der Waals surface area contributed by atoms with E-state index in [2.05, 4.69) is 19.1 Å². The van der Waals surface area contributed by atoms with E-state index in [9.17, 15) is 4.79 Å². The fourth-order valence-electron chi connectivity index (χ4n) is 2.81. The van der Waals surface area contributed by atoms with Crippen molar-refractivity contribution in [3.05, 3.63) is 12.2 Å². The minimum Gasteiger partial charge on any atom is -0.299 e. The number of Topliss-reactive ketones (excluding diaryl/α,β-unsaturated/α-hetero) is 1. The van der Waals surface area contributed by atoms with Crippen molar-refractivity contribution in [3.8, 4) is 0 Å². The Morgan fingerprint density at radius 1 is 1.58 bits per heavy atom. The van der Waals surface area contributed by atoms with Gasteiger partial charge < -0.3 is 0 Å². The van der Waals surface area contributed by atoms with Gasteiger partial charge in [0.25, 0.3) is 0 Å². The smallest absolute Gasteiger partial charge is 0.142 e. The molecule has 0 N–H and O–H groups in total. The number of carbonyl (C=O) groups is 1. The summed E-state index contributed by atoms with van der Waals surface area (Å²) in [5.41, 5.74) is -0.0289. The number of hydrogen-bond donors (Lipinski definition) is 0. The van der Waals surface area contributed by atoms with Gasteiger partial charge in [-0.25, -0.2) is 0 Å². The first kappa shape index (κ1) is 8.03. The molecule has 0 heterocycles. The number of fused-ring (bicyclic) bond motifs is 2. The van der Waals surface area contributed by atoms with Gasteiger partial charge in [0.2, 0.25) is 0 Å². The highest BCUT2D eigenvalue weighted by molar-refractivity contribution is 5.87. The Kier molecular flexibility index (Phi) is 1.64. The van der Waals surface area contributed by atoms with E-state index in [1.54, 1.807) is 0 Å². The molecule has 0 aromatic carbocycles. The standard InChI is InChI=1S/C11H16O/c1-3-10(12)11-5-4-9(7-11)8(2)6-11/h4-5,8-9H,3,6-7H2,1-2H3. The highest BCUT2D eigenvalue weighted by Gasteiger charge is 2.48. The maximum absolute atomic E-state index is 11.7. The van der Waals surface area contributed by atoms with Gasteiger partial charge in [-0.3, -0.25) is 4.79 Å². The van der Waals surface area contributed by atoms with E-state index in [1.807, 2.05) is 6.92 Å². The number of allylic oxidation sites excluding steroid dienone is 2. The van der Waals surface area contributed by atoms with Crippen LogP contribution >= 0.6 is 0 Å². The molecule has 1 saturated carbocycles. The highest BCUT2D eigenvalue weighted by Crippen LogP contribution is 2.53. The van der Waals surface area contributed by atoms with Crippen molar-refractivity contribution in [1.29, 1.82) is 0 Å². The van der Waals surface area contributed by atoms with Gasteiger partial charge in [0.15, 0.2) is 0 Å². The first-order valence-corrected chi connectivity index (χ1v) is 4.90. The van der Waals surface area contributed by atoms with Gasteiger partial charge in [0, 0.05) is 11.8 Å². The second-order valence-electron chi connectivity index (χ2n) is 4.34. The molecule has 1 fully saturated rings. The Morgan fingerprint density at radius 3 is 2.75 bits per heavy atom. The van der Waals surface area contributed by atoms with Crippen LogP contribution in [0.4, 0.5) is 0 Å². The Morgan fingerprint density at radius 2 is 2.33 bits per heavy atom. The summed E-state index contributed by atoms with van der Waals surface area (Å²) in [4.78, 5) is 11.7. The minimum absolute atomic E-state index is 0.0289. The van der Waals surface area contributed by atoms with Crippen molar-refractivity contribution in [1.82, 2.24) is 0 Å². The summed E-state index contributed by atoms with van der Waals surface area (Å²) < 4.78 is 0. The van der Waals surface area contributed by atoms with Gasteiger partial charge in [-0.05, 0) is 24.7 Å². The average Bonchev–Trinajstić information content (AvgIpc) is 2.60. The Bertz CT molecular complexity index is 241. The Hall–Kier alpha value is -0.590. The van der Waals surface area contributed by atoms with Gasteiger partial charge in [-0.1, -0.05) is 26.0 Å². The lowest BCUT2D eigenvalue weighted by Gasteiger charge is -2.22. The summed E-state index contributed by atoms with van der Waals surface area (Å²) in [6.45, 7) is 4.24. The van der Waals surface area contributed by atoms with Crippen LogP contribution in [0.5, 0.6) is 0 Å². The molecule has 0 aromatic heterocycles. The molecule has 1 nitrogen and oxygen atoms in total. The van der Waals surface area contributed by atoms with Gasteiger partial charge in [0.1, 0.15) is 5.78 Å². The third-order valence-corrected chi connectivity index (χ3v) is 3.56. The molecule has 2 aliphatic carbocycles. The largest absolute Gasteiger partial charge is 0.299 e. The minimum atomic E-state index is -0.0289. The van der Waals surface area contributed by atoms with Crippen LogP contribution in [0.25, 0.3) is 0 Å². The highest BCUT2D eigenvalue weighted by atomic mass is 16.1. The van der Waals surface area contributed by atoms with Crippen LogP contribution in [0.1, 0.15) is 33.1 Å². The van der Waals surface area contributed by atoms with E-state index in [0.717, 1.165) is 18.8 Å². The molecular formula is C11H16O. The predicted molar refractivity (Wildman–Crippen MR) is 48.8 cm³/mol. The number of ketones is 1. The second kappa shape index (κ2) is 2.45. The van der Waals surface area contributed by atoms with Gasteiger partial charge in [-0.2, -0.15) is 0 Å². The molecule has 2 aliphatic rings. The van der Waals surface area contributed by atoms with Crippen molar-refractivity contribution >= 4 is 5.78 Å². The van der Waals surface area contributed by atoms with Crippen LogP contribution in [0.3, 0.4) is 0 Å². The van der Waals surface area contributed by atoms with Crippen LogP contribution in [0.2, 0.25) is 0 Å². The zero-order chi connectivity index (χ0) is 8.77. The zero-order valence-electron chi connectivity index (χ0n) is 7.84. The number of rotatable bonds is 2. The van der Waals surface area contributed by atoms with Crippen LogP contribution < -0.4 is 0 Å². The van der Waals surface area contributed by atoms with Crippen molar-refractivity contribution < 1.29 is 4.79 Å². The Balaban J connectivity index is 2.25. The van der Waals surface area contributed by atoms with E-state index in [0.29, 0.717) is 18.1 Å². The third-order valence-electron chi connectivity index (χ3n) is 3.56. The normalized spacial score (nSPS) is 43.8. The molecular weight excluding hydrogens is 148 g/mol. The number of carbonyl (C=O) groups excluding carboxylic acids is 1. The lowest BCUT2D eigenvalue weighted by Crippen LogP contribution is -2.24. The first-order valence-electron chi connectivity index (χ1n) is 4.90. The molecule has 0 radical (unpaired) electrons. The van der Waals surface area contributed by atoms with Gasteiger partial charge in [0.05, 0.1) is 0 Å². The zero-order valence-corrected chi connectivity index (χ0v) is 7.84. The van der Waals surface area contributed by atoms with Crippen molar-refractivity contribution in [2.45, 2.75) is 33.1 Å². The van der Waals surface area contributed by atoms with Crippen LogP contribution in [-0.2, 0) is 4.79 Å². The fraction of sp³-hybridized carbons (Fsp3) is 0.727. The summed E-state index contributed by atoms with van der Waals surface area (Å²) in [5.74, 6) is 1.87.